The fraction of sp³-hybridized carbons (Fsp3) is 0.333. The van der Waals surface area contributed by atoms with Gasteiger partial charge in [0.1, 0.15) is 5.82 Å². The van der Waals surface area contributed by atoms with Crippen LogP contribution in [0.4, 0.5) is 10.1 Å². The smallest absolute Gasteiger partial charge is 0.241 e. The van der Waals surface area contributed by atoms with Crippen LogP contribution in [0.5, 0.6) is 0 Å². The Morgan fingerprint density at radius 3 is 2.69 bits per heavy atom. The third-order valence-electron chi connectivity index (χ3n) is 2.01. The fourth-order valence-electron chi connectivity index (χ4n) is 1.21. The molecule has 90 valence electrons. The molecule has 5 nitrogen and oxygen atoms in total. The van der Waals surface area contributed by atoms with Crippen LogP contribution in [-0.2, 0) is 10.0 Å². The summed E-state index contributed by atoms with van der Waals surface area (Å²) in [6, 6.07) is 2.23. The molecule has 0 heterocycles. The third kappa shape index (κ3) is 2.69. The minimum absolute atomic E-state index is 0.000334. The van der Waals surface area contributed by atoms with E-state index in [-0.39, 0.29) is 29.3 Å². The van der Waals surface area contributed by atoms with Crippen LogP contribution in [-0.4, -0.2) is 26.7 Å². The van der Waals surface area contributed by atoms with E-state index < -0.39 is 15.8 Å². The number of nitrogens with two attached hydrogens (primary N) is 1. The van der Waals surface area contributed by atoms with Gasteiger partial charge in [-0.05, 0) is 19.1 Å². The van der Waals surface area contributed by atoms with Crippen LogP contribution in [0.3, 0.4) is 0 Å². The van der Waals surface area contributed by atoms with Crippen molar-refractivity contribution in [3.63, 3.8) is 0 Å². The Bertz CT molecular complexity index is 488. The molecule has 0 atom stereocenters. The van der Waals surface area contributed by atoms with Gasteiger partial charge in [-0.1, -0.05) is 0 Å². The highest BCUT2D eigenvalue weighted by Gasteiger charge is 2.19. The lowest BCUT2D eigenvalue weighted by atomic mass is 10.2. The Balaban J connectivity index is 3.22. The minimum Gasteiger partial charge on any atom is -0.399 e. The molecule has 0 radical (unpaired) electrons. The first-order valence-corrected chi connectivity index (χ1v) is 6.03. The van der Waals surface area contributed by atoms with Crippen LogP contribution in [0.1, 0.15) is 5.56 Å². The van der Waals surface area contributed by atoms with Gasteiger partial charge >= 0.3 is 0 Å². The number of anilines is 1. The number of aliphatic hydroxyl groups excluding tert-OH is 1. The monoisotopic (exact) mass is 248 g/mol. The summed E-state index contributed by atoms with van der Waals surface area (Å²) in [5.41, 5.74) is 5.41. The summed E-state index contributed by atoms with van der Waals surface area (Å²) in [5.74, 6) is -0.677. The van der Waals surface area contributed by atoms with Crippen molar-refractivity contribution in [2.24, 2.45) is 0 Å². The van der Waals surface area contributed by atoms with Crippen LogP contribution >= 0.6 is 0 Å². The van der Waals surface area contributed by atoms with Crippen LogP contribution in [0.25, 0.3) is 0 Å². The van der Waals surface area contributed by atoms with Gasteiger partial charge < -0.3 is 10.8 Å². The molecule has 1 aromatic carbocycles. The highest BCUT2D eigenvalue weighted by Crippen LogP contribution is 2.21. The van der Waals surface area contributed by atoms with Gasteiger partial charge in [-0.25, -0.2) is 17.5 Å². The SMILES string of the molecule is Cc1c(F)cc(N)cc1S(=O)(=O)NCCO. The summed E-state index contributed by atoms with van der Waals surface area (Å²) >= 11 is 0. The number of nitrogen functional groups attached to an aromatic ring is 1. The normalized spacial score (nSPS) is 11.7. The van der Waals surface area contributed by atoms with Crippen molar-refractivity contribution in [1.29, 1.82) is 0 Å². The fourth-order valence-corrected chi connectivity index (χ4v) is 2.52. The number of halogens is 1. The summed E-state index contributed by atoms with van der Waals surface area (Å²) in [6.07, 6.45) is 0. The maximum Gasteiger partial charge on any atom is 0.241 e. The highest BCUT2D eigenvalue weighted by molar-refractivity contribution is 7.89. The van der Waals surface area contributed by atoms with Crippen molar-refractivity contribution in [3.05, 3.63) is 23.5 Å². The zero-order valence-corrected chi connectivity index (χ0v) is 9.51. The second kappa shape index (κ2) is 4.77. The third-order valence-corrected chi connectivity index (χ3v) is 3.60. The second-order valence-corrected chi connectivity index (χ2v) is 4.98. The van der Waals surface area contributed by atoms with E-state index in [2.05, 4.69) is 4.72 Å². The molecule has 0 aliphatic heterocycles. The summed E-state index contributed by atoms with van der Waals surface area (Å²) in [7, 11) is -3.83. The summed E-state index contributed by atoms with van der Waals surface area (Å²) in [4.78, 5) is -0.210. The molecule has 0 spiro atoms. The van der Waals surface area contributed by atoms with E-state index in [4.69, 9.17) is 10.8 Å². The lowest BCUT2D eigenvalue weighted by Crippen LogP contribution is -2.27. The molecule has 4 N–H and O–H groups in total. The molecule has 1 aromatic rings. The number of benzene rings is 1. The Hall–Kier alpha value is -1.18. The maximum absolute atomic E-state index is 13.3. The first-order valence-electron chi connectivity index (χ1n) is 4.54. The summed E-state index contributed by atoms with van der Waals surface area (Å²) in [5, 5.41) is 8.53. The number of sulfonamides is 1. The predicted molar refractivity (Wildman–Crippen MR) is 57.8 cm³/mol. The van der Waals surface area contributed by atoms with Crippen LogP contribution in [0, 0.1) is 12.7 Å². The van der Waals surface area contributed by atoms with Crippen molar-refractivity contribution in [2.75, 3.05) is 18.9 Å². The Kier molecular flexibility index (Phi) is 3.84. The van der Waals surface area contributed by atoms with Gasteiger partial charge in [0.25, 0.3) is 0 Å². The topological polar surface area (TPSA) is 92.4 Å². The van der Waals surface area contributed by atoms with E-state index in [9.17, 15) is 12.8 Å². The number of rotatable bonds is 4. The predicted octanol–water partition coefficient (Wildman–Crippen LogP) is -0.0131. The van der Waals surface area contributed by atoms with E-state index in [1.54, 1.807) is 0 Å². The van der Waals surface area contributed by atoms with Gasteiger partial charge in [0.05, 0.1) is 11.5 Å². The molecule has 0 unspecified atom stereocenters. The van der Waals surface area contributed by atoms with Gasteiger partial charge in [-0.2, -0.15) is 0 Å². The van der Waals surface area contributed by atoms with E-state index >= 15 is 0 Å². The second-order valence-electron chi connectivity index (χ2n) is 3.25. The molecule has 0 saturated heterocycles. The van der Waals surface area contributed by atoms with E-state index in [0.717, 1.165) is 6.07 Å². The van der Waals surface area contributed by atoms with E-state index in [1.807, 2.05) is 0 Å². The molecule has 0 aromatic heterocycles. The number of hydrogen-bond donors (Lipinski definition) is 3. The van der Waals surface area contributed by atoms with Crippen molar-refractivity contribution < 1.29 is 17.9 Å². The molecule has 0 saturated carbocycles. The molecule has 0 aliphatic carbocycles. The zero-order chi connectivity index (χ0) is 12.3. The summed E-state index contributed by atoms with van der Waals surface area (Å²) in [6.45, 7) is 0.892. The molecule has 0 fully saturated rings. The molecule has 0 aliphatic rings. The van der Waals surface area contributed by atoms with Crippen LogP contribution in [0.2, 0.25) is 0 Å². The quantitative estimate of drug-likeness (QED) is 0.653. The average molecular weight is 248 g/mol. The molecule has 0 amide bonds. The van der Waals surface area contributed by atoms with Crippen LogP contribution < -0.4 is 10.5 Å². The highest BCUT2D eigenvalue weighted by atomic mass is 32.2. The van der Waals surface area contributed by atoms with Gasteiger partial charge in [0.2, 0.25) is 10.0 Å². The maximum atomic E-state index is 13.3. The molecule has 7 heteroatoms. The van der Waals surface area contributed by atoms with E-state index in [0.29, 0.717) is 0 Å². The number of nitrogens with one attached hydrogen (secondary N) is 1. The number of hydrogen-bond acceptors (Lipinski definition) is 4. The minimum atomic E-state index is -3.83. The van der Waals surface area contributed by atoms with Gasteiger partial charge in [0.15, 0.2) is 0 Å². The molecule has 0 bridgehead atoms. The van der Waals surface area contributed by atoms with Gasteiger partial charge in [0, 0.05) is 17.8 Å². The lowest BCUT2D eigenvalue weighted by molar-refractivity contribution is 0.301. The standard InChI is InChI=1S/C9H13FN2O3S/c1-6-8(10)4-7(11)5-9(6)16(14,15)12-2-3-13/h4-5,12-13H,2-3,11H2,1H3. The van der Waals surface area contributed by atoms with Crippen molar-refractivity contribution in [1.82, 2.24) is 4.72 Å². The Morgan fingerprint density at radius 1 is 1.50 bits per heavy atom. The lowest BCUT2D eigenvalue weighted by Gasteiger charge is -2.09. The van der Waals surface area contributed by atoms with Crippen molar-refractivity contribution in [3.8, 4) is 0 Å². The first kappa shape index (κ1) is 12.9. The van der Waals surface area contributed by atoms with Gasteiger partial charge in [-0.15, -0.1) is 0 Å². The van der Waals surface area contributed by atoms with Crippen molar-refractivity contribution >= 4 is 15.7 Å². The molecule has 16 heavy (non-hydrogen) atoms. The van der Waals surface area contributed by atoms with Crippen LogP contribution in [0.15, 0.2) is 17.0 Å². The van der Waals surface area contributed by atoms with E-state index in [1.165, 1.54) is 13.0 Å². The van der Waals surface area contributed by atoms with Crippen molar-refractivity contribution in [2.45, 2.75) is 11.8 Å². The first-order chi connectivity index (χ1) is 7.38. The summed E-state index contributed by atoms with van der Waals surface area (Å²) < 4.78 is 38.7. The molecular formula is C9H13FN2O3S. The average Bonchev–Trinajstić information content (AvgIpc) is 2.20. The molecule has 1 rings (SSSR count). The Morgan fingerprint density at radius 2 is 2.12 bits per heavy atom. The zero-order valence-electron chi connectivity index (χ0n) is 8.70. The molecular weight excluding hydrogens is 235 g/mol. The number of aliphatic hydroxyl groups is 1. The van der Waals surface area contributed by atoms with Gasteiger partial charge in [-0.3, -0.25) is 0 Å². The largest absolute Gasteiger partial charge is 0.399 e. The Labute approximate surface area is 93.1 Å².